The molecule has 0 bridgehead atoms. The Kier molecular flexibility index (Phi) is 3.23. The van der Waals surface area contributed by atoms with Crippen molar-refractivity contribution in [3.05, 3.63) is 11.3 Å². The van der Waals surface area contributed by atoms with E-state index in [1.807, 2.05) is 4.90 Å². The summed E-state index contributed by atoms with van der Waals surface area (Å²) in [5.74, 6) is 1.12. The number of nitrogens with zero attached hydrogens (tertiary/aromatic N) is 3. The Morgan fingerprint density at radius 2 is 2.20 bits per heavy atom. The third-order valence-corrected chi connectivity index (χ3v) is 2.48. The highest BCUT2D eigenvalue weighted by Gasteiger charge is 2.15. The van der Waals surface area contributed by atoms with Gasteiger partial charge in [-0.1, -0.05) is 11.6 Å². The van der Waals surface area contributed by atoms with Gasteiger partial charge in [-0.25, -0.2) is 4.98 Å². The van der Waals surface area contributed by atoms with Crippen molar-refractivity contribution in [3.63, 3.8) is 0 Å². The van der Waals surface area contributed by atoms with Crippen molar-refractivity contribution in [3.8, 4) is 5.75 Å². The topological polar surface area (TPSA) is 47.5 Å². The number of rotatable bonds is 2. The van der Waals surface area contributed by atoms with Crippen LogP contribution in [0.1, 0.15) is 0 Å². The molecule has 15 heavy (non-hydrogen) atoms. The van der Waals surface area contributed by atoms with E-state index in [-0.39, 0.29) is 0 Å². The van der Waals surface area contributed by atoms with Gasteiger partial charge >= 0.3 is 0 Å². The largest absolute Gasteiger partial charge is 0.492 e. The number of ether oxygens (including phenoxy) is 2. The van der Waals surface area contributed by atoms with E-state index in [2.05, 4.69) is 9.97 Å². The van der Waals surface area contributed by atoms with E-state index >= 15 is 0 Å². The molecule has 0 unspecified atom stereocenters. The molecule has 1 fully saturated rings. The van der Waals surface area contributed by atoms with Crippen LogP contribution in [0, 0.1) is 0 Å². The van der Waals surface area contributed by atoms with Gasteiger partial charge in [0.1, 0.15) is 0 Å². The van der Waals surface area contributed by atoms with Crippen molar-refractivity contribution in [1.82, 2.24) is 9.97 Å². The number of hydrogen-bond donors (Lipinski definition) is 0. The molecular formula is C9H12ClN3O2. The first-order chi connectivity index (χ1) is 7.31. The molecule has 0 saturated carbocycles. The summed E-state index contributed by atoms with van der Waals surface area (Å²) in [6, 6.07) is 0. The molecule has 6 heteroatoms. The molecule has 1 aromatic rings. The molecule has 2 heterocycles. The molecule has 0 N–H and O–H groups in total. The van der Waals surface area contributed by atoms with Crippen molar-refractivity contribution in [1.29, 1.82) is 0 Å². The predicted molar refractivity (Wildman–Crippen MR) is 56.6 cm³/mol. The Hall–Kier alpha value is -1.07. The summed E-state index contributed by atoms with van der Waals surface area (Å²) in [5.41, 5.74) is 0. The average Bonchev–Trinajstić information content (AvgIpc) is 2.30. The van der Waals surface area contributed by atoms with Crippen LogP contribution >= 0.6 is 11.6 Å². The second-order valence-corrected chi connectivity index (χ2v) is 3.49. The number of methoxy groups -OCH3 is 1. The highest BCUT2D eigenvalue weighted by molar-refractivity contribution is 6.30. The van der Waals surface area contributed by atoms with Crippen molar-refractivity contribution in [2.24, 2.45) is 0 Å². The zero-order valence-corrected chi connectivity index (χ0v) is 9.20. The zero-order chi connectivity index (χ0) is 10.7. The van der Waals surface area contributed by atoms with Crippen LogP contribution in [0.4, 0.5) is 5.95 Å². The highest BCUT2D eigenvalue weighted by atomic mass is 35.5. The Bertz CT molecular complexity index is 342. The molecule has 82 valence electrons. The van der Waals surface area contributed by atoms with E-state index in [4.69, 9.17) is 21.1 Å². The van der Waals surface area contributed by atoms with Gasteiger partial charge < -0.3 is 14.4 Å². The zero-order valence-electron chi connectivity index (χ0n) is 8.44. The van der Waals surface area contributed by atoms with Crippen LogP contribution < -0.4 is 9.64 Å². The van der Waals surface area contributed by atoms with E-state index in [0.717, 1.165) is 13.1 Å². The van der Waals surface area contributed by atoms with E-state index in [1.165, 1.54) is 0 Å². The maximum Gasteiger partial charge on any atom is 0.227 e. The Balaban J connectivity index is 2.17. The molecular weight excluding hydrogens is 218 g/mol. The SMILES string of the molecule is COc1cnc(N2CCOCC2)nc1Cl. The van der Waals surface area contributed by atoms with Gasteiger partial charge in [0.2, 0.25) is 5.95 Å². The summed E-state index contributed by atoms with van der Waals surface area (Å²) in [6.07, 6.45) is 1.58. The summed E-state index contributed by atoms with van der Waals surface area (Å²) in [5, 5.41) is 0.342. The fourth-order valence-corrected chi connectivity index (χ4v) is 1.60. The van der Waals surface area contributed by atoms with Crippen LogP contribution in [0.3, 0.4) is 0 Å². The van der Waals surface area contributed by atoms with Gasteiger partial charge in [-0.2, -0.15) is 4.98 Å². The minimum absolute atomic E-state index is 0.342. The lowest BCUT2D eigenvalue weighted by Gasteiger charge is -2.26. The van der Waals surface area contributed by atoms with Crippen molar-refractivity contribution in [2.75, 3.05) is 38.3 Å². The fourth-order valence-electron chi connectivity index (χ4n) is 1.39. The maximum atomic E-state index is 5.91. The van der Waals surface area contributed by atoms with Crippen LogP contribution in [-0.4, -0.2) is 43.4 Å². The monoisotopic (exact) mass is 229 g/mol. The van der Waals surface area contributed by atoms with Crippen molar-refractivity contribution >= 4 is 17.5 Å². The Morgan fingerprint density at radius 3 is 2.80 bits per heavy atom. The van der Waals surface area contributed by atoms with Gasteiger partial charge in [0.05, 0.1) is 26.5 Å². The second kappa shape index (κ2) is 4.63. The molecule has 0 radical (unpaired) electrons. The lowest BCUT2D eigenvalue weighted by molar-refractivity contribution is 0.122. The maximum absolute atomic E-state index is 5.91. The number of morpholine rings is 1. The lowest BCUT2D eigenvalue weighted by atomic mass is 10.4. The van der Waals surface area contributed by atoms with Gasteiger partial charge in [0.25, 0.3) is 0 Å². The molecule has 0 aromatic carbocycles. The summed E-state index contributed by atoms with van der Waals surface area (Å²) < 4.78 is 10.2. The summed E-state index contributed by atoms with van der Waals surface area (Å²) in [6.45, 7) is 2.99. The van der Waals surface area contributed by atoms with Crippen LogP contribution in [0.2, 0.25) is 5.15 Å². The predicted octanol–water partition coefficient (Wildman–Crippen LogP) is 0.975. The molecule has 1 aliphatic heterocycles. The molecule has 1 aromatic heterocycles. The molecule has 5 nitrogen and oxygen atoms in total. The number of halogens is 1. The van der Waals surface area contributed by atoms with Gasteiger partial charge in [-0.05, 0) is 0 Å². The summed E-state index contributed by atoms with van der Waals surface area (Å²) in [7, 11) is 1.54. The molecule has 1 saturated heterocycles. The second-order valence-electron chi connectivity index (χ2n) is 3.13. The normalized spacial score (nSPS) is 16.5. The molecule has 0 atom stereocenters. The fraction of sp³-hybridized carbons (Fsp3) is 0.556. The van der Waals surface area contributed by atoms with Gasteiger partial charge in [0.15, 0.2) is 10.9 Å². The van der Waals surface area contributed by atoms with E-state index < -0.39 is 0 Å². The third kappa shape index (κ3) is 2.30. The Labute approximate surface area is 93.0 Å². The number of anilines is 1. The van der Waals surface area contributed by atoms with Crippen molar-refractivity contribution < 1.29 is 9.47 Å². The summed E-state index contributed by atoms with van der Waals surface area (Å²) in [4.78, 5) is 10.4. The first-order valence-electron chi connectivity index (χ1n) is 4.70. The first-order valence-corrected chi connectivity index (χ1v) is 5.08. The number of hydrogen-bond acceptors (Lipinski definition) is 5. The smallest absolute Gasteiger partial charge is 0.227 e. The van der Waals surface area contributed by atoms with Crippen LogP contribution in [-0.2, 0) is 4.74 Å². The van der Waals surface area contributed by atoms with E-state index in [9.17, 15) is 0 Å². The summed E-state index contributed by atoms with van der Waals surface area (Å²) >= 11 is 5.91. The molecule has 0 aliphatic carbocycles. The van der Waals surface area contributed by atoms with E-state index in [1.54, 1.807) is 13.3 Å². The molecule has 0 amide bonds. The van der Waals surface area contributed by atoms with Crippen LogP contribution in [0.25, 0.3) is 0 Å². The average molecular weight is 230 g/mol. The molecule has 2 rings (SSSR count). The minimum Gasteiger partial charge on any atom is -0.492 e. The van der Waals surface area contributed by atoms with Crippen LogP contribution in [0.5, 0.6) is 5.75 Å². The van der Waals surface area contributed by atoms with Gasteiger partial charge in [0, 0.05) is 13.1 Å². The standard InChI is InChI=1S/C9H12ClN3O2/c1-14-7-6-11-9(12-8(7)10)13-2-4-15-5-3-13/h6H,2-5H2,1H3. The van der Waals surface area contributed by atoms with Gasteiger partial charge in [-0.3, -0.25) is 0 Å². The first kappa shape index (κ1) is 10.4. The quantitative estimate of drug-likeness (QED) is 0.708. The van der Waals surface area contributed by atoms with Gasteiger partial charge in [-0.15, -0.1) is 0 Å². The lowest BCUT2D eigenvalue weighted by Crippen LogP contribution is -2.37. The minimum atomic E-state index is 0.342. The molecule has 0 spiro atoms. The molecule has 1 aliphatic rings. The highest BCUT2D eigenvalue weighted by Crippen LogP contribution is 2.22. The number of aromatic nitrogens is 2. The third-order valence-electron chi connectivity index (χ3n) is 2.21. The Morgan fingerprint density at radius 1 is 1.47 bits per heavy atom. The van der Waals surface area contributed by atoms with Crippen LogP contribution in [0.15, 0.2) is 6.20 Å². The van der Waals surface area contributed by atoms with Crippen molar-refractivity contribution in [2.45, 2.75) is 0 Å². The van der Waals surface area contributed by atoms with E-state index in [0.29, 0.717) is 30.1 Å².